The van der Waals surface area contributed by atoms with Gasteiger partial charge in [-0.1, -0.05) is 58.4 Å². The highest BCUT2D eigenvalue weighted by atomic mass is 79.9. The van der Waals surface area contributed by atoms with Crippen LogP contribution in [0, 0.1) is 11.8 Å². The summed E-state index contributed by atoms with van der Waals surface area (Å²) in [5.41, 5.74) is 4.44. The molecule has 0 bridgehead atoms. The lowest BCUT2D eigenvalue weighted by Gasteiger charge is -2.25. The minimum atomic E-state index is -0.667. The maximum absolute atomic E-state index is 12.5. The van der Waals surface area contributed by atoms with Crippen LogP contribution < -0.4 is 15.0 Å². The van der Waals surface area contributed by atoms with Crippen LogP contribution in [0.1, 0.15) is 41.9 Å². The van der Waals surface area contributed by atoms with E-state index in [0.717, 1.165) is 22.5 Å². The van der Waals surface area contributed by atoms with Crippen LogP contribution in [0.5, 0.6) is 0 Å². The average Bonchev–Trinajstić information content (AvgIpc) is 3.37. The molecule has 0 amide bonds. The predicted octanol–water partition coefficient (Wildman–Crippen LogP) is 6.09. The summed E-state index contributed by atoms with van der Waals surface area (Å²) in [5, 5.41) is 13.2. The molecule has 3 atom stereocenters. The molecule has 43 heavy (non-hydrogen) atoms. The normalized spacial score (nSPS) is 18.3. The molecule has 0 spiro atoms. The van der Waals surface area contributed by atoms with Gasteiger partial charge in [0.2, 0.25) is 5.69 Å². The zero-order valence-corrected chi connectivity index (χ0v) is 26.6. The Balaban J connectivity index is 1.53. The summed E-state index contributed by atoms with van der Waals surface area (Å²) in [7, 11) is 1.64. The molecule has 10 nitrogen and oxygen atoms in total. The number of aromatic nitrogens is 5. The van der Waals surface area contributed by atoms with Gasteiger partial charge in [-0.25, -0.2) is 4.98 Å². The highest BCUT2D eigenvalue weighted by Gasteiger charge is 2.62. The molecule has 3 aromatic carbocycles. The monoisotopic (exact) mass is 682 g/mol. The van der Waals surface area contributed by atoms with Gasteiger partial charge in [-0.3, -0.25) is 4.84 Å². The van der Waals surface area contributed by atoms with Crippen LogP contribution in [-0.2, 0) is 10.2 Å². The van der Waals surface area contributed by atoms with Crippen LogP contribution in [0.25, 0.3) is 11.0 Å². The number of benzene rings is 3. The molecule has 1 aliphatic rings. The first-order chi connectivity index (χ1) is 20.8. The topological polar surface area (TPSA) is 110 Å². The summed E-state index contributed by atoms with van der Waals surface area (Å²) in [6.07, 6.45) is 0.670. The maximum atomic E-state index is 12.5. The SMILES string of the molecule is COC[C@H](C)n1c(Br)nc(C(=[N+]=O)On2nnc3ccccc32)c1C1(c2ccc(Cl)cc2)CC1Nc1cc(Cl)ccc1C. The minimum absolute atomic E-state index is 0.109. The van der Waals surface area contributed by atoms with Crippen molar-refractivity contribution < 1.29 is 9.57 Å². The van der Waals surface area contributed by atoms with Crippen molar-refractivity contribution in [3.05, 3.63) is 109 Å². The van der Waals surface area contributed by atoms with Gasteiger partial charge >= 0.3 is 5.90 Å². The van der Waals surface area contributed by atoms with Gasteiger partial charge in [0.15, 0.2) is 9.64 Å². The first kappa shape index (κ1) is 29.3. The Morgan fingerprint density at radius 3 is 2.65 bits per heavy atom. The van der Waals surface area contributed by atoms with Crippen molar-refractivity contribution >= 4 is 61.8 Å². The molecule has 0 radical (unpaired) electrons. The second-order valence-corrected chi connectivity index (χ2v) is 12.1. The van der Waals surface area contributed by atoms with E-state index >= 15 is 0 Å². The van der Waals surface area contributed by atoms with Crippen molar-refractivity contribution in [3.8, 4) is 0 Å². The van der Waals surface area contributed by atoms with E-state index in [-0.39, 0.29) is 23.7 Å². The third-order valence-corrected chi connectivity index (χ3v) is 8.82. The standard InChI is InChI=1S/C30H27BrCl2N7O3/c1-17-8-11-21(33)14-23(17)34-25-15-30(25,19-9-12-20(32)13-10-19)27-26(35-29(31)39(27)18(2)16-42-3)28(37-41)43-40-24-7-5-4-6-22(24)36-38-40/h4-14,18,25,34H,15-16H2,1-3H3/q+1/t18-,25?,30?/m0/s1. The van der Waals surface area contributed by atoms with Crippen molar-refractivity contribution in [1.29, 1.82) is 0 Å². The molecular formula is C30H27BrCl2N7O3+. The molecule has 1 aliphatic carbocycles. The van der Waals surface area contributed by atoms with E-state index in [1.807, 2.05) is 73.0 Å². The third kappa shape index (κ3) is 5.32. The Kier molecular flexibility index (Phi) is 8.02. The number of nitrogens with one attached hydrogen (secondary N) is 1. The van der Waals surface area contributed by atoms with Gasteiger partial charge in [-0.05, 0) is 88.9 Å². The van der Waals surface area contributed by atoms with Crippen LogP contribution in [0.3, 0.4) is 0 Å². The van der Waals surface area contributed by atoms with Gasteiger partial charge in [-0.2, -0.15) is 0 Å². The summed E-state index contributed by atoms with van der Waals surface area (Å²) >= 11 is 16.4. The van der Waals surface area contributed by atoms with E-state index in [1.165, 1.54) is 4.85 Å². The summed E-state index contributed by atoms with van der Waals surface area (Å²) in [4.78, 5) is 27.8. The number of methoxy groups -OCH3 is 1. The van der Waals surface area contributed by atoms with Crippen LogP contribution in [-0.4, -0.2) is 50.4 Å². The fourth-order valence-electron chi connectivity index (χ4n) is 5.64. The van der Waals surface area contributed by atoms with Gasteiger partial charge in [0.25, 0.3) is 4.85 Å². The van der Waals surface area contributed by atoms with E-state index in [1.54, 1.807) is 19.2 Å². The number of aryl methyl sites for hydroxylation is 1. The second kappa shape index (κ2) is 11.7. The number of imidazole rings is 1. The van der Waals surface area contributed by atoms with E-state index in [9.17, 15) is 4.91 Å². The quantitative estimate of drug-likeness (QED) is 0.114. The first-order valence-corrected chi connectivity index (χ1v) is 15.1. The Bertz CT molecular complexity index is 1870. The third-order valence-electron chi connectivity index (χ3n) is 7.77. The first-order valence-electron chi connectivity index (χ1n) is 13.5. The molecule has 1 fully saturated rings. The minimum Gasteiger partial charge on any atom is -0.383 e. The largest absolute Gasteiger partial charge is 0.611 e. The molecule has 0 aliphatic heterocycles. The summed E-state index contributed by atoms with van der Waals surface area (Å²) in [6.45, 7) is 4.43. The molecule has 1 saturated carbocycles. The maximum Gasteiger partial charge on any atom is 0.611 e. The number of fused-ring (bicyclic) bond motifs is 1. The summed E-state index contributed by atoms with van der Waals surface area (Å²) < 4.78 is 8.06. The molecule has 1 N–H and O–H groups in total. The molecule has 0 saturated heterocycles. The van der Waals surface area contributed by atoms with Crippen LogP contribution in [0.15, 0.2) is 71.5 Å². The van der Waals surface area contributed by atoms with E-state index in [0.29, 0.717) is 38.8 Å². The number of para-hydroxylation sites is 1. The highest BCUT2D eigenvalue weighted by Crippen LogP contribution is 2.57. The van der Waals surface area contributed by atoms with Crippen molar-refractivity contribution in [3.63, 3.8) is 0 Å². The van der Waals surface area contributed by atoms with E-state index < -0.39 is 5.41 Å². The van der Waals surface area contributed by atoms with Crippen molar-refractivity contribution in [2.24, 2.45) is 0 Å². The zero-order valence-electron chi connectivity index (χ0n) is 23.5. The van der Waals surface area contributed by atoms with Gasteiger partial charge in [-0.15, -0.1) is 5.10 Å². The van der Waals surface area contributed by atoms with Crippen molar-refractivity contribution in [1.82, 2.24) is 29.6 Å². The van der Waals surface area contributed by atoms with E-state index in [4.69, 9.17) is 37.8 Å². The molecule has 5 aromatic rings. The summed E-state index contributed by atoms with van der Waals surface area (Å²) in [6, 6.07) is 20.4. The van der Waals surface area contributed by atoms with E-state index in [2.05, 4.69) is 36.4 Å². The number of rotatable bonds is 9. The lowest BCUT2D eigenvalue weighted by atomic mass is 9.89. The summed E-state index contributed by atoms with van der Waals surface area (Å²) in [5.74, 6) is -0.257. The Morgan fingerprint density at radius 1 is 1.16 bits per heavy atom. The van der Waals surface area contributed by atoms with Crippen molar-refractivity contribution in [2.45, 2.75) is 37.8 Å². The van der Waals surface area contributed by atoms with Crippen LogP contribution >= 0.6 is 39.1 Å². The molecule has 6 rings (SSSR count). The lowest BCUT2D eigenvalue weighted by molar-refractivity contribution is 0.159. The molecule has 2 aromatic heterocycles. The lowest BCUT2D eigenvalue weighted by Crippen LogP contribution is -2.31. The molecule has 2 heterocycles. The van der Waals surface area contributed by atoms with Crippen LogP contribution in [0.2, 0.25) is 10.0 Å². The number of halogens is 3. The average molecular weight is 684 g/mol. The van der Waals surface area contributed by atoms with Gasteiger partial charge in [0, 0.05) is 28.9 Å². The number of anilines is 1. The number of nitroso groups, excluding NO2 is 1. The Morgan fingerprint density at radius 2 is 1.91 bits per heavy atom. The second-order valence-electron chi connectivity index (χ2n) is 10.5. The molecule has 220 valence electrons. The number of hydrogen-bond donors (Lipinski definition) is 1. The number of hydrogen-bond acceptors (Lipinski definition) is 7. The van der Waals surface area contributed by atoms with Gasteiger partial charge in [0.05, 0.1) is 23.8 Å². The van der Waals surface area contributed by atoms with Gasteiger partial charge < -0.3 is 14.6 Å². The fraction of sp³-hybridized carbons (Fsp3) is 0.267. The Hall–Kier alpha value is -3.73. The van der Waals surface area contributed by atoms with Gasteiger partial charge in [0.1, 0.15) is 11.0 Å². The number of nitrogens with zero attached hydrogens (tertiary/aromatic N) is 6. The molecule has 13 heteroatoms. The molecule has 2 unspecified atom stereocenters. The van der Waals surface area contributed by atoms with Crippen LogP contribution in [0.4, 0.5) is 5.69 Å². The fourth-order valence-corrected chi connectivity index (χ4v) is 6.64. The van der Waals surface area contributed by atoms with Crippen molar-refractivity contribution in [2.75, 3.05) is 19.0 Å². The zero-order chi connectivity index (χ0) is 30.3. The predicted molar refractivity (Wildman–Crippen MR) is 171 cm³/mol. The molecular weight excluding hydrogens is 657 g/mol. The highest BCUT2D eigenvalue weighted by molar-refractivity contribution is 9.10. The Labute approximate surface area is 265 Å². The smallest absolute Gasteiger partial charge is 0.383 e. The number of ether oxygens (including phenoxy) is 1.